The lowest BCUT2D eigenvalue weighted by Gasteiger charge is -1.99. The first-order chi connectivity index (χ1) is 9.22. The van der Waals surface area contributed by atoms with Crippen LogP contribution in [-0.4, -0.2) is 9.97 Å². The van der Waals surface area contributed by atoms with Crippen molar-refractivity contribution in [3.8, 4) is 0 Å². The summed E-state index contributed by atoms with van der Waals surface area (Å²) in [5, 5.41) is 3.57. The highest BCUT2D eigenvalue weighted by molar-refractivity contribution is 9.10. The van der Waals surface area contributed by atoms with Gasteiger partial charge in [-0.3, -0.25) is 4.98 Å². The number of H-pyrrole nitrogens is 1. The van der Waals surface area contributed by atoms with Crippen molar-refractivity contribution in [2.24, 2.45) is 0 Å². The van der Waals surface area contributed by atoms with E-state index in [-0.39, 0.29) is 0 Å². The predicted octanol–water partition coefficient (Wildman–Crippen LogP) is 4.94. The Bertz CT molecular complexity index is 938. The number of halogens is 1. The average molecular weight is 311 g/mol. The molecule has 19 heavy (non-hydrogen) atoms. The SMILES string of the molecule is Cc1ccc2c(c1)[nH]c1c3cc(Br)ccc3ncc21. The minimum atomic E-state index is 1.01. The zero-order valence-electron chi connectivity index (χ0n) is 10.4. The maximum Gasteiger partial charge on any atom is 0.0724 e. The Morgan fingerprint density at radius 2 is 1.89 bits per heavy atom. The van der Waals surface area contributed by atoms with Crippen LogP contribution >= 0.6 is 15.9 Å². The van der Waals surface area contributed by atoms with Gasteiger partial charge in [-0.15, -0.1) is 0 Å². The highest BCUT2D eigenvalue weighted by Crippen LogP contribution is 2.31. The fourth-order valence-corrected chi connectivity index (χ4v) is 3.00. The molecule has 0 aliphatic rings. The van der Waals surface area contributed by atoms with Crippen LogP contribution in [-0.2, 0) is 0 Å². The number of hydrogen-bond donors (Lipinski definition) is 1. The minimum absolute atomic E-state index is 1.01. The monoisotopic (exact) mass is 310 g/mol. The summed E-state index contributed by atoms with van der Waals surface area (Å²) in [7, 11) is 0. The van der Waals surface area contributed by atoms with Gasteiger partial charge < -0.3 is 4.98 Å². The van der Waals surface area contributed by atoms with Gasteiger partial charge in [0.2, 0.25) is 0 Å². The maximum atomic E-state index is 4.55. The largest absolute Gasteiger partial charge is 0.354 e. The molecule has 2 heterocycles. The number of benzene rings is 2. The molecule has 2 nitrogen and oxygen atoms in total. The van der Waals surface area contributed by atoms with Gasteiger partial charge in [0, 0.05) is 32.3 Å². The number of pyridine rings is 1. The zero-order chi connectivity index (χ0) is 13.0. The number of aromatic nitrogens is 2. The van der Waals surface area contributed by atoms with E-state index in [4.69, 9.17) is 0 Å². The van der Waals surface area contributed by atoms with E-state index in [9.17, 15) is 0 Å². The summed E-state index contributed by atoms with van der Waals surface area (Å²) in [6.07, 6.45) is 1.96. The number of fused-ring (bicyclic) bond motifs is 5. The second-order valence-electron chi connectivity index (χ2n) is 4.88. The first-order valence-electron chi connectivity index (χ1n) is 6.19. The lowest BCUT2D eigenvalue weighted by atomic mass is 10.1. The van der Waals surface area contributed by atoms with Crippen LogP contribution in [0.4, 0.5) is 0 Å². The second kappa shape index (κ2) is 3.81. The zero-order valence-corrected chi connectivity index (χ0v) is 12.0. The van der Waals surface area contributed by atoms with Crippen LogP contribution < -0.4 is 0 Å². The number of aryl methyl sites for hydroxylation is 1. The van der Waals surface area contributed by atoms with Gasteiger partial charge >= 0.3 is 0 Å². The van der Waals surface area contributed by atoms with Crippen LogP contribution in [0.3, 0.4) is 0 Å². The van der Waals surface area contributed by atoms with Crippen LogP contribution in [0.1, 0.15) is 5.56 Å². The molecular weight excluding hydrogens is 300 g/mol. The molecule has 4 rings (SSSR count). The smallest absolute Gasteiger partial charge is 0.0724 e. The van der Waals surface area contributed by atoms with Crippen LogP contribution in [0.25, 0.3) is 32.7 Å². The first kappa shape index (κ1) is 11.0. The molecule has 0 aliphatic heterocycles. The van der Waals surface area contributed by atoms with Crippen molar-refractivity contribution in [3.05, 3.63) is 52.6 Å². The van der Waals surface area contributed by atoms with E-state index >= 15 is 0 Å². The van der Waals surface area contributed by atoms with E-state index < -0.39 is 0 Å². The van der Waals surface area contributed by atoms with Gasteiger partial charge in [0.25, 0.3) is 0 Å². The molecule has 0 atom stereocenters. The fourth-order valence-electron chi connectivity index (χ4n) is 2.63. The normalized spacial score (nSPS) is 11.7. The summed E-state index contributed by atoms with van der Waals surface area (Å²) < 4.78 is 1.07. The molecule has 0 unspecified atom stereocenters. The lowest BCUT2D eigenvalue weighted by Crippen LogP contribution is -1.80. The van der Waals surface area contributed by atoms with Crippen molar-refractivity contribution < 1.29 is 0 Å². The van der Waals surface area contributed by atoms with Crippen LogP contribution in [0.15, 0.2) is 47.1 Å². The van der Waals surface area contributed by atoms with Crippen molar-refractivity contribution in [2.75, 3.05) is 0 Å². The van der Waals surface area contributed by atoms with Crippen molar-refractivity contribution >= 4 is 48.6 Å². The molecule has 92 valence electrons. The van der Waals surface area contributed by atoms with Crippen LogP contribution in [0.5, 0.6) is 0 Å². The van der Waals surface area contributed by atoms with Crippen molar-refractivity contribution in [2.45, 2.75) is 6.92 Å². The molecule has 2 aromatic heterocycles. The average Bonchev–Trinajstić information content (AvgIpc) is 2.76. The van der Waals surface area contributed by atoms with Crippen LogP contribution in [0, 0.1) is 6.92 Å². The number of aromatic amines is 1. The Labute approximate surface area is 118 Å². The van der Waals surface area contributed by atoms with Crippen molar-refractivity contribution in [1.82, 2.24) is 9.97 Å². The van der Waals surface area contributed by atoms with Crippen molar-refractivity contribution in [3.63, 3.8) is 0 Å². The van der Waals surface area contributed by atoms with Gasteiger partial charge in [0.05, 0.1) is 11.0 Å². The molecule has 0 aliphatic carbocycles. The highest BCUT2D eigenvalue weighted by Gasteiger charge is 2.08. The Balaban J connectivity index is 2.26. The topological polar surface area (TPSA) is 28.7 Å². The van der Waals surface area contributed by atoms with Gasteiger partial charge in [-0.1, -0.05) is 28.1 Å². The van der Waals surface area contributed by atoms with E-state index in [0.29, 0.717) is 0 Å². The second-order valence-corrected chi connectivity index (χ2v) is 5.80. The van der Waals surface area contributed by atoms with Crippen LogP contribution in [0.2, 0.25) is 0 Å². The quantitative estimate of drug-likeness (QED) is 0.489. The van der Waals surface area contributed by atoms with Gasteiger partial charge in [-0.25, -0.2) is 0 Å². The molecule has 3 heteroatoms. The third-order valence-corrected chi connectivity index (χ3v) is 4.05. The highest BCUT2D eigenvalue weighted by atomic mass is 79.9. The Morgan fingerprint density at radius 3 is 2.79 bits per heavy atom. The van der Waals surface area contributed by atoms with E-state index in [0.717, 1.165) is 20.9 Å². The molecule has 0 radical (unpaired) electrons. The Kier molecular flexibility index (Phi) is 2.21. The molecule has 0 saturated heterocycles. The summed E-state index contributed by atoms with van der Waals surface area (Å²) in [6.45, 7) is 2.11. The molecule has 1 N–H and O–H groups in total. The van der Waals surface area contributed by atoms with Crippen molar-refractivity contribution in [1.29, 1.82) is 0 Å². The third kappa shape index (κ3) is 1.58. The Morgan fingerprint density at radius 1 is 1.00 bits per heavy atom. The van der Waals surface area contributed by atoms with E-state index in [1.807, 2.05) is 18.3 Å². The summed E-state index contributed by atoms with van der Waals surface area (Å²) >= 11 is 3.53. The van der Waals surface area contributed by atoms with Gasteiger partial charge in [0.1, 0.15) is 0 Å². The summed E-state index contributed by atoms with van der Waals surface area (Å²) in [5.74, 6) is 0. The molecular formula is C16H11BrN2. The minimum Gasteiger partial charge on any atom is -0.354 e. The van der Waals surface area contributed by atoms with Gasteiger partial charge in [-0.05, 0) is 36.8 Å². The predicted molar refractivity (Wildman–Crippen MR) is 83.5 cm³/mol. The first-order valence-corrected chi connectivity index (χ1v) is 6.98. The molecule has 2 aromatic carbocycles. The number of hydrogen-bond acceptors (Lipinski definition) is 1. The molecule has 0 fully saturated rings. The number of nitrogens with zero attached hydrogens (tertiary/aromatic N) is 1. The number of nitrogens with one attached hydrogen (secondary N) is 1. The Hall–Kier alpha value is -1.87. The maximum absolute atomic E-state index is 4.55. The standard InChI is InChI=1S/C16H11BrN2/c1-9-2-4-11-13-8-18-14-5-3-10(17)7-12(14)16(13)19-15(11)6-9/h2-8,19H,1H3. The molecule has 0 spiro atoms. The summed E-state index contributed by atoms with van der Waals surface area (Å²) in [6, 6.07) is 12.7. The van der Waals surface area contributed by atoms with E-state index in [1.165, 1.54) is 21.9 Å². The molecule has 0 saturated carbocycles. The molecule has 4 aromatic rings. The summed E-state index contributed by atoms with van der Waals surface area (Å²) in [5.41, 5.74) is 4.60. The molecule has 0 bridgehead atoms. The summed E-state index contributed by atoms with van der Waals surface area (Å²) in [4.78, 5) is 8.08. The lowest BCUT2D eigenvalue weighted by molar-refractivity contribution is 1.44. The fraction of sp³-hybridized carbons (Fsp3) is 0.0625. The van der Waals surface area contributed by atoms with Gasteiger partial charge in [-0.2, -0.15) is 0 Å². The van der Waals surface area contributed by atoms with E-state index in [2.05, 4.69) is 57.1 Å². The van der Waals surface area contributed by atoms with Gasteiger partial charge in [0.15, 0.2) is 0 Å². The third-order valence-electron chi connectivity index (χ3n) is 3.55. The molecule has 0 amide bonds. The number of rotatable bonds is 0. The van der Waals surface area contributed by atoms with E-state index in [1.54, 1.807) is 0 Å².